The number of rotatable bonds is 4. The molecule has 2 N–H and O–H groups in total. The highest BCUT2D eigenvalue weighted by atomic mass is 35.5. The smallest absolute Gasteiger partial charge is 0.267 e. The Morgan fingerprint density at radius 2 is 1.97 bits per heavy atom. The van der Waals surface area contributed by atoms with Crippen molar-refractivity contribution < 1.29 is 4.39 Å². The number of imidazole rings is 1. The molecule has 5 aromatic rings. The fourth-order valence-corrected chi connectivity index (χ4v) is 4.11. The first kappa shape index (κ1) is 21.0. The molecule has 0 aliphatic heterocycles. The largest absolute Gasteiger partial charge is 0.358 e. The van der Waals surface area contributed by atoms with Crippen molar-refractivity contribution in [3.8, 4) is 5.69 Å². The van der Waals surface area contributed by atoms with Gasteiger partial charge in [0.25, 0.3) is 5.56 Å². The monoisotopic (exact) mass is 463 g/mol. The molecule has 0 aliphatic carbocycles. The number of anilines is 1. The average molecular weight is 464 g/mol. The molecule has 0 spiro atoms. The Morgan fingerprint density at radius 1 is 1.15 bits per heavy atom. The Balaban J connectivity index is 1.77. The summed E-state index contributed by atoms with van der Waals surface area (Å²) in [6.07, 6.45) is 2.95. The lowest BCUT2D eigenvalue weighted by molar-refractivity contribution is 0.629. The number of nitrogens with zero attached hydrogens (tertiary/aromatic N) is 5. The molecule has 0 radical (unpaired) electrons. The highest BCUT2D eigenvalue weighted by Gasteiger charge is 2.23. The van der Waals surface area contributed by atoms with Crippen LogP contribution in [0.5, 0.6) is 0 Å². The van der Waals surface area contributed by atoms with E-state index in [-0.39, 0.29) is 10.4 Å². The number of halogens is 2. The molecule has 0 bridgehead atoms. The number of hydrogen-bond donors (Lipinski definition) is 2. The van der Waals surface area contributed by atoms with Crippen LogP contribution in [0.2, 0.25) is 5.02 Å². The summed E-state index contributed by atoms with van der Waals surface area (Å²) in [7, 11) is 0. The quantitative estimate of drug-likeness (QED) is 0.403. The van der Waals surface area contributed by atoms with E-state index in [1.807, 2.05) is 39.0 Å². The van der Waals surface area contributed by atoms with Crippen LogP contribution < -0.4 is 10.9 Å². The first-order valence-electron chi connectivity index (χ1n) is 10.2. The standard InChI is InChI=1S/C23H19ClFN7O/c1-11-5-4-6-16(12(11)2)32-22(31-15-8-7-14(25)18(24)17(15)23(32)33)13(3)30-21-19-20(27-9-26-19)28-10-29-21/h4-10,13H,1-3H3,(H2,26,27,28,29,30). The minimum atomic E-state index is -0.670. The van der Waals surface area contributed by atoms with Crippen LogP contribution in [0.15, 0.2) is 47.8 Å². The molecule has 0 aliphatic rings. The molecule has 5 rings (SSSR count). The minimum absolute atomic E-state index is 0.0326. The van der Waals surface area contributed by atoms with Gasteiger partial charge in [0.1, 0.15) is 23.5 Å². The minimum Gasteiger partial charge on any atom is -0.358 e. The second-order valence-corrected chi connectivity index (χ2v) is 8.15. The van der Waals surface area contributed by atoms with Crippen molar-refractivity contribution >= 4 is 39.5 Å². The Morgan fingerprint density at radius 3 is 2.79 bits per heavy atom. The van der Waals surface area contributed by atoms with Gasteiger partial charge >= 0.3 is 0 Å². The third-order valence-electron chi connectivity index (χ3n) is 5.73. The van der Waals surface area contributed by atoms with Gasteiger partial charge in [0.05, 0.1) is 34.0 Å². The van der Waals surface area contributed by atoms with Crippen molar-refractivity contribution in [2.24, 2.45) is 0 Å². The second kappa shape index (κ2) is 7.93. The van der Waals surface area contributed by atoms with Gasteiger partial charge in [0, 0.05) is 0 Å². The van der Waals surface area contributed by atoms with E-state index in [1.54, 1.807) is 0 Å². The molecule has 0 saturated carbocycles. The Hall–Kier alpha value is -3.85. The lowest BCUT2D eigenvalue weighted by Gasteiger charge is -2.22. The molecule has 1 unspecified atom stereocenters. The Labute approximate surface area is 192 Å². The number of aryl methyl sites for hydroxylation is 1. The molecule has 166 valence electrons. The van der Waals surface area contributed by atoms with Gasteiger partial charge in [-0.05, 0) is 50.1 Å². The molecular weight excluding hydrogens is 445 g/mol. The van der Waals surface area contributed by atoms with Crippen molar-refractivity contribution in [2.75, 3.05) is 5.32 Å². The van der Waals surface area contributed by atoms with Crippen LogP contribution in [0.4, 0.5) is 10.2 Å². The summed E-state index contributed by atoms with van der Waals surface area (Å²) in [6, 6.07) is 7.84. The number of aromatic nitrogens is 6. The number of benzene rings is 2. The van der Waals surface area contributed by atoms with Gasteiger partial charge in [0.2, 0.25) is 0 Å². The molecule has 3 heterocycles. The molecule has 0 saturated heterocycles. The van der Waals surface area contributed by atoms with Gasteiger partial charge in [-0.1, -0.05) is 23.7 Å². The zero-order chi connectivity index (χ0) is 23.3. The van der Waals surface area contributed by atoms with Crippen LogP contribution in [-0.2, 0) is 0 Å². The van der Waals surface area contributed by atoms with E-state index in [0.29, 0.717) is 34.0 Å². The number of hydrogen-bond acceptors (Lipinski definition) is 6. The van der Waals surface area contributed by atoms with Crippen molar-refractivity contribution in [3.63, 3.8) is 0 Å². The number of fused-ring (bicyclic) bond motifs is 2. The van der Waals surface area contributed by atoms with E-state index in [1.165, 1.54) is 29.4 Å². The fourth-order valence-electron chi connectivity index (χ4n) is 3.87. The van der Waals surface area contributed by atoms with Gasteiger partial charge in [-0.3, -0.25) is 9.36 Å². The summed E-state index contributed by atoms with van der Waals surface area (Å²) >= 11 is 6.20. The molecule has 33 heavy (non-hydrogen) atoms. The summed E-state index contributed by atoms with van der Waals surface area (Å²) in [5, 5.41) is 3.07. The highest BCUT2D eigenvalue weighted by Crippen LogP contribution is 2.28. The van der Waals surface area contributed by atoms with Crippen molar-refractivity contribution in [2.45, 2.75) is 26.8 Å². The van der Waals surface area contributed by atoms with Crippen LogP contribution in [0.3, 0.4) is 0 Å². The maximum atomic E-state index is 14.2. The van der Waals surface area contributed by atoms with Crippen LogP contribution in [-0.4, -0.2) is 29.5 Å². The van der Waals surface area contributed by atoms with Gasteiger partial charge in [-0.15, -0.1) is 0 Å². The van der Waals surface area contributed by atoms with Crippen molar-refractivity contribution in [1.82, 2.24) is 29.5 Å². The zero-order valence-corrected chi connectivity index (χ0v) is 18.8. The first-order valence-corrected chi connectivity index (χ1v) is 10.6. The molecule has 10 heteroatoms. The van der Waals surface area contributed by atoms with Crippen LogP contribution >= 0.6 is 11.6 Å². The summed E-state index contributed by atoms with van der Waals surface area (Å²) in [4.78, 5) is 34.1. The molecule has 0 fully saturated rings. The van der Waals surface area contributed by atoms with E-state index in [2.05, 4.69) is 25.3 Å². The maximum absolute atomic E-state index is 14.2. The van der Waals surface area contributed by atoms with Crippen LogP contribution in [0.1, 0.15) is 29.9 Å². The SMILES string of the molecule is Cc1cccc(-n2c(C(C)Nc3ncnc4[nH]cnc34)nc3ccc(F)c(Cl)c3c2=O)c1C. The number of aromatic amines is 1. The summed E-state index contributed by atoms with van der Waals surface area (Å²) < 4.78 is 15.7. The van der Waals surface area contributed by atoms with E-state index in [4.69, 9.17) is 16.6 Å². The third kappa shape index (κ3) is 3.41. The third-order valence-corrected chi connectivity index (χ3v) is 6.10. The predicted octanol–water partition coefficient (Wildman–Crippen LogP) is 4.63. The summed E-state index contributed by atoms with van der Waals surface area (Å²) in [6.45, 7) is 5.75. The molecule has 1 atom stereocenters. The Kier molecular flexibility index (Phi) is 5.05. The van der Waals surface area contributed by atoms with E-state index >= 15 is 0 Å². The van der Waals surface area contributed by atoms with Crippen LogP contribution in [0, 0.1) is 19.7 Å². The molecule has 0 amide bonds. The number of nitrogens with one attached hydrogen (secondary N) is 2. The number of H-pyrrole nitrogens is 1. The summed E-state index contributed by atoms with van der Waals surface area (Å²) in [5.74, 6) is 0.246. The highest BCUT2D eigenvalue weighted by molar-refractivity contribution is 6.35. The average Bonchev–Trinajstić information content (AvgIpc) is 3.28. The summed E-state index contributed by atoms with van der Waals surface area (Å²) in [5.41, 5.74) is 3.56. The molecule has 3 aromatic heterocycles. The van der Waals surface area contributed by atoms with Gasteiger partial charge in [0.15, 0.2) is 11.5 Å². The van der Waals surface area contributed by atoms with Gasteiger partial charge in [-0.2, -0.15) is 0 Å². The molecular formula is C23H19ClFN7O. The Bertz CT molecular complexity index is 1590. The lowest BCUT2D eigenvalue weighted by Crippen LogP contribution is -2.28. The van der Waals surface area contributed by atoms with Crippen molar-refractivity contribution in [1.29, 1.82) is 0 Å². The van der Waals surface area contributed by atoms with Crippen LogP contribution in [0.25, 0.3) is 27.8 Å². The molecule has 2 aromatic carbocycles. The zero-order valence-electron chi connectivity index (χ0n) is 18.0. The second-order valence-electron chi connectivity index (χ2n) is 7.77. The van der Waals surface area contributed by atoms with E-state index in [0.717, 1.165) is 11.1 Å². The predicted molar refractivity (Wildman–Crippen MR) is 126 cm³/mol. The fraction of sp³-hybridized carbons (Fsp3) is 0.174. The van der Waals surface area contributed by atoms with Crippen molar-refractivity contribution in [3.05, 3.63) is 81.1 Å². The van der Waals surface area contributed by atoms with Gasteiger partial charge in [-0.25, -0.2) is 24.3 Å². The van der Waals surface area contributed by atoms with E-state index < -0.39 is 17.4 Å². The molecule has 8 nitrogen and oxygen atoms in total. The maximum Gasteiger partial charge on any atom is 0.267 e. The van der Waals surface area contributed by atoms with E-state index in [9.17, 15) is 9.18 Å². The first-order chi connectivity index (χ1) is 15.9. The lowest BCUT2D eigenvalue weighted by atomic mass is 10.1. The topological polar surface area (TPSA) is 101 Å². The normalized spacial score (nSPS) is 12.4. The van der Waals surface area contributed by atoms with Gasteiger partial charge < -0.3 is 10.3 Å².